The minimum atomic E-state index is 0.451. The molecule has 0 fully saturated rings. The number of nitrogens with zero attached hydrogens (tertiary/aromatic N) is 3. The SMILES string of the molecule is CCCn1ncnc1CNC1CCCc2ccccc21. The van der Waals surface area contributed by atoms with Crippen LogP contribution in [0.4, 0.5) is 0 Å². The van der Waals surface area contributed by atoms with E-state index in [0.29, 0.717) is 6.04 Å². The predicted molar refractivity (Wildman–Crippen MR) is 79.3 cm³/mol. The first-order valence-corrected chi connectivity index (χ1v) is 7.56. The van der Waals surface area contributed by atoms with E-state index in [-0.39, 0.29) is 0 Å². The summed E-state index contributed by atoms with van der Waals surface area (Å²) in [5, 5.41) is 7.94. The fourth-order valence-corrected chi connectivity index (χ4v) is 3.00. The van der Waals surface area contributed by atoms with Gasteiger partial charge < -0.3 is 5.32 Å². The van der Waals surface area contributed by atoms with Crippen molar-refractivity contribution in [3.05, 3.63) is 47.5 Å². The van der Waals surface area contributed by atoms with Crippen LogP contribution in [0.3, 0.4) is 0 Å². The van der Waals surface area contributed by atoms with E-state index in [9.17, 15) is 0 Å². The summed E-state index contributed by atoms with van der Waals surface area (Å²) in [6.07, 6.45) is 6.42. The van der Waals surface area contributed by atoms with E-state index in [2.05, 4.69) is 46.6 Å². The molecule has 1 aromatic carbocycles. The van der Waals surface area contributed by atoms with Crippen LogP contribution in [0, 0.1) is 0 Å². The van der Waals surface area contributed by atoms with Gasteiger partial charge in [0.2, 0.25) is 0 Å². The van der Waals surface area contributed by atoms with Crippen LogP contribution in [0.1, 0.15) is 49.2 Å². The smallest absolute Gasteiger partial charge is 0.140 e. The maximum Gasteiger partial charge on any atom is 0.140 e. The third kappa shape index (κ3) is 2.75. The second-order valence-electron chi connectivity index (χ2n) is 5.42. The lowest BCUT2D eigenvalue weighted by atomic mass is 9.88. The molecule has 1 aliphatic carbocycles. The molecule has 0 saturated carbocycles. The number of aromatic nitrogens is 3. The summed E-state index contributed by atoms with van der Waals surface area (Å²) >= 11 is 0. The van der Waals surface area contributed by atoms with E-state index in [1.54, 1.807) is 6.33 Å². The van der Waals surface area contributed by atoms with Gasteiger partial charge in [0.1, 0.15) is 12.2 Å². The highest BCUT2D eigenvalue weighted by Gasteiger charge is 2.19. The van der Waals surface area contributed by atoms with E-state index in [0.717, 1.165) is 25.3 Å². The zero-order valence-corrected chi connectivity index (χ0v) is 12.0. The molecular weight excluding hydrogens is 248 g/mol. The molecule has 1 aromatic heterocycles. The molecule has 1 aliphatic rings. The van der Waals surface area contributed by atoms with Crippen LogP contribution >= 0.6 is 0 Å². The molecule has 1 heterocycles. The van der Waals surface area contributed by atoms with Gasteiger partial charge in [-0.1, -0.05) is 31.2 Å². The fraction of sp³-hybridized carbons (Fsp3) is 0.500. The second kappa shape index (κ2) is 6.18. The molecule has 4 nitrogen and oxygen atoms in total. The molecule has 4 heteroatoms. The van der Waals surface area contributed by atoms with Crippen LogP contribution in [0.5, 0.6) is 0 Å². The van der Waals surface area contributed by atoms with Gasteiger partial charge in [0, 0.05) is 12.6 Å². The number of hydrogen-bond donors (Lipinski definition) is 1. The molecule has 0 spiro atoms. The Bertz CT molecular complexity index is 561. The Morgan fingerprint density at radius 1 is 1.35 bits per heavy atom. The Morgan fingerprint density at radius 2 is 2.25 bits per heavy atom. The van der Waals surface area contributed by atoms with Crippen molar-refractivity contribution in [3.8, 4) is 0 Å². The first-order chi connectivity index (χ1) is 9.88. The van der Waals surface area contributed by atoms with Crippen LogP contribution in [-0.2, 0) is 19.5 Å². The van der Waals surface area contributed by atoms with E-state index < -0.39 is 0 Å². The highest BCUT2D eigenvalue weighted by atomic mass is 15.3. The molecule has 20 heavy (non-hydrogen) atoms. The van der Waals surface area contributed by atoms with Gasteiger partial charge in [0.25, 0.3) is 0 Å². The molecule has 106 valence electrons. The van der Waals surface area contributed by atoms with Crippen LogP contribution in [0.2, 0.25) is 0 Å². The second-order valence-corrected chi connectivity index (χ2v) is 5.42. The first kappa shape index (κ1) is 13.3. The Morgan fingerprint density at radius 3 is 3.15 bits per heavy atom. The van der Waals surface area contributed by atoms with Gasteiger partial charge >= 0.3 is 0 Å². The van der Waals surface area contributed by atoms with Crippen molar-refractivity contribution >= 4 is 0 Å². The Hall–Kier alpha value is -1.68. The van der Waals surface area contributed by atoms with Crippen molar-refractivity contribution in [3.63, 3.8) is 0 Å². The van der Waals surface area contributed by atoms with E-state index in [1.165, 1.54) is 30.4 Å². The summed E-state index contributed by atoms with van der Waals surface area (Å²) in [4.78, 5) is 4.36. The normalized spacial score (nSPS) is 17.9. The zero-order chi connectivity index (χ0) is 13.8. The van der Waals surface area contributed by atoms with Crippen molar-refractivity contribution in [2.45, 2.75) is 51.7 Å². The highest BCUT2D eigenvalue weighted by molar-refractivity contribution is 5.32. The number of benzene rings is 1. The molecule has 1 N–H and O–H groups in total. The van der Waals surface area contributed by atoms with Crippen molar-refractivity contribution in [2.24, 2.45) is 0 Å². The lowest BCUT2D eigenvalue weighted by molar-refractivity contribution is 0.440. The standard InChI is InChI=1S/C16H22N4/c1-2-10-20-16(18-12-19-20)11-17-15-9-5-7-13-6-3-4-8-14(13)15/h3-4,6,8,12,15,17H,2,5,7,9-11H2,1H3. The molecule has 0 bridgehead atoms. The molecule has 0 aliphatic heterocycles. The van der Waals surface area contributed by atoms with Crippen LogP contribution in [0.15, 0.2) is 30.6 Å². The van der Waals surface area contributed by atoms with Crippen LogP contribution in [0.25, 0.3) is 0 Å². The Balaban J connectivity index is 1.69. The number of fused-ring (bicyclic) bond motifs is 1. The van der Waals surface area contributed by atoms with Gasteiger partial charge in [0.15, 0.2) is 0 Å². The van der Waals surface area contributed by atoms with Gasteiger partial charge in [-0.25, -0.2) is 9.67 Å². The maximum absolute atomic E-state index is 4.36. The van der Waals surface area contributed by atoms with Gasteiger partial charge in [-0.05, 0) is 36.8 Å². The molecule has 3 rings (SSSR count). The Kier molecular flexibility index (Phi) is 4.11. The molecule has 2 aromatic rings. The minimum Gasteiger partial charge on any atom is -0.303 e. The predicted octanol–water partition coefficient (Wildman–Crippen LogP) is 2.86. The lowest BCUT2D eigenvalue weighted by Gasteiger charge is -2.26. The first-order valence-electron chi connectivity index (χ1n) is 7.56. The van der Waals surface area contributed by atoms with Crippen molar-refractivity contribution < 1.29 is 0 Å². The number of rotatable bonds is 5. The largest absolute Gasteiger partial charge is 0.303 e. The van der Waals surface area contributed by atoms with Crippen LogP contribution < -0.4 is 5.32 Å². The summed E-state index contributed by atoms with van der Waals surface area (Å²) in [5.41, 5.74) is 2.95. The summed E-state index contributed by atoms with van der Waals surface area (Å²) in [6.45, 7) is 3.90. The van der Waals surface area contributed by atoms with Crippen molar-refractivity contribution in [1.29, 1.82) is 0 Å². The molecule has 1 unspecified atom stereocenters. The Labute approximate surface area is 120 Å². The van der Waals surface area contributed by atoms with Gasteiger partial charge in [0.05, 0.1) is 6.54 Å². The van der Waals surface area contributed by atoms with Crippen LogP contribution in [-0.4, -0.2) is 14.8 Å². The average molecular weight is 270 g/mol. The quantitative estimate of drug-likeness (QED) is 0.908. The molecule has 0 amide bonds. The third-order valence-electron chi connectivity index (χ3n) is 4.01. The van der Waals surface area contributed by atoms with E-state index in [1.807, 2.05) is 4.68 Å². The fourth-order valence-electron chi connectivity index (χ4n) is 3.00. The van der Waals surface area contributed by atoms with Gasteiger partial charge in [-0.15, -0.1) is 0 Å². The summed E-state index contributed by atoms with van der Waals surface area (Å²) < 4.78 is 2.00. The minimum absolute atomic E-state index is 0.451. The zero-order valence-electron chi connectivity index (χ0n) is 12.0. The molecule has 0 saturated heterocycles. The summed E-state index contributed by atoms with van der Waals surface area (Å²) in [5.74, 6) is 1.04. The number of nitrogens with one attached hydrogen (secondary N) is 1. The lowest BCUT2D eigenvalue weighted by Crippen LogP contribution is -2.26. The van der Waals surface area contributed by atoms with E-state index in [4.69, 9.17) is 0 Å². The van der Waals surface area contributed by atoms with Gasteiger partial charge in [-0.2, -0.15) is 5.10 Å². The summed E-state index contributed by atoms with van der Waals surface area (Å²) in [7, 11) is 0. The third-order valence-corrected chi connectivity index (χ3v) is 4.01. The van der Waals surface area contributed by atoms with Crippen molar-refractivity contribution in [2.75, 3.05) is 0 Å². The number of hydrogen-bond acceptors (Lipinski definition) is 3. The summed E-state index contributed by atoms with van der Waals surface area (Å²) in [6, 6.07) is 9.23. The highest BCUT2D eigenvalue weighted by Crippen LogP contribution is 2.29. The molecule has 0 radical (unpaired) electrons. The van der Waals surface area contributed by atoms with Crippen molar-refractivity contribution in [1.82, 2.24) is 20.1 Å². The number of aryl methyl sites for hydroxylation is 2. The topological polar surface area (TPSA) is 42.7 Å². The maximum atomic E-state index is 4.36. The monoisotopic (exact) mass is 270 g/mol. The average Bonchev–Trinajstić information content (AvgIpc) is 2.93. The molecule has 1 atom stereocenters. The molecular formula is C16H22N4. The van der Waals surface area contributed by atoms with Gasteiger partial charge in [-0.3, -0.25) is 0 Å². The van der Waals surface area contributed by atoms with E-state index >= 15 is 0 Å².